The topological polar surface area (TPSA) is 125 Å². The molecule has 3 N–H and O–H groups in total. The van der Waals surface area contributed by atoms with E-state index in [1.165, 1.54) is 31.5 Å². The van der Waals surface area contributed by atoms with Crippen molar-refractivity contribution in [3.8, 4) is 5.75 Å². The Morgan fingerprint density at radius 2 is 1.95 bits per heavy atom. The minimum absolute atomic E-state index is 0.128. The lowest BCUT2D eigenvalue weighted by molar-refractivity contribution is -0.384. The van der Waals surface area contributed by atoms with Gasteiger partial charge in [0.2, 0.25) is 0 Å². The largest absolute Gasteiger partial charge is 0.496 e. The fourth-order valence-electron chi connectivity index (χ4n) is 1.40. The maximum absolute atomic E-state index is 10.7. The number of aliphatic hydroxyl groups is 3. The van der Waals surface area contributed by atoms with E-state index in [2.05, 4.69) is 4.99 Å². The molecule has 0 aliphatic carbocycles. The van der Waals surface area contributed by atoms with E-state index in [9.17, 15) is 10.1 Å². The van der Waals surface area contributed by atoms with Crippen molar-refractivity contribution in [2.75, 3.05) is 26.9 Å². The number of ether oxygens (including phenoxy) is 1. The fraction of sp³-hybridized carbons (Fsp3) is 0.417. The monoisotopic (exact) mass is 284 g/mol. The summed E-state index contributed by atoms with van der Waals surface area (Å²) in [5, 5.41) is 38.1. The number of nitrogens with zero attached hydrogens (tertiary/aromatic N) is 2. The van der Waals surface area contributed by atoms with Gasteiger partial charge in [-0.15, -0.1) is 0 Å². The van der Waals surface area contributed by atoms with Crippen LogP contribution in [0.2, 0.25) is 0 Å². The Hall–Kier alpha value is -2.03. The molecule has 0 atom stereocenters. The fourth-order valence-corrected chi connectivity index (χ4v) is 1.40. The third kappa shape index (κ3) is 3.50. The summed E-state index contributed by atoms with van der Waals surface area (Å²) >= 11 is 0. The van der Waals surface area contributed by atoms with E-state index in [1.807, 2.05) is 0 Å². The van der Waals surface area contributed by atoms with Crippen LogP contribution in [-0.4, -0.2) is 58.9 Å². The van der Waals surface area contributed by atoms with Crippen LogP contribution in [0.1, 0.15) is 5.56 Å². The van der Waals surface area contributed by atoms with Crippen LogP contribution >= 0.6 is 0 Å². The summed E-state index contributed by atoms with van der Waals surface area (Å²) in [6.45, 7) is -1.61. The van der Waals surface area contributed by atoms with Crippen molar-refractivity contribution < 1.29 is 25.0 Å². The van der Waals surface area contributed by atoms with Crippen molar-refractivity contribution in [2.45, 2.75) is 5.54 Å². The van der Waals surface area contributed by atoms with E-state index in [-0.39, 0.29) is 11.4 Å². The van der Waals surface area contributed by atoms with Crippen molar-refractivity contribution in [3.63, 3.8) is 0 Å². The maximum Gasteiger partial charge on any atom is 0.273 e. The molecule has 0 bridgehead atoms. The van der Waals surface area contributed by atoms with Crippen molar-refractivity contribution >= 4 is 11.9 Å². The molecule has 0 heterocycles. The van der Waals surface area contributed by atoms with Gasteiger partial charge in [-0.25, -0.2) is 0 Å². The first kappa shape index (κ1) is 16.0. The smallest absolute Gasteiger partial charge is 0.273 e. The van der Waals surface area contributed by atoms with Crippen molar-refractivity contribution in [1.29, 1.82) is 0 Å². The van der Waals surface area contributed by atoms with Crippen molar-refractivity contribution in [1.82, 2.24) is 0 Å². The summed E-state index contributed by atoms with van der Waals surface area (Å²) in [7, 11) is 1.35. The molecule has 1 aromatic carbocycles. The summed E-state index contributed by atoms with van der Waals surface area (Å²) in [4.78, 5) is 14.0. The zero-order valence-corrected chi connectivity index (χ0v) is 10.9. The number of rotatable bonds is 7. The molecule has 0 aromatic heterocycles. The molecule has 0 radical (unpaired) electrons. The molecule has 0 saturated carbocycles. The van der Waals surface area contributed by atoms with E-state index in [4.69, 9.17) is 20.1 Å². The van der Waals surface area contributed by atoms with Gasteiger partial charge in [0.1, 0.15) is 11.3 Å². The van der Waals surface area contributed by atoms with E-state index in [0.717, 1.165) is 0 Å². The molecule has 110 valence electrons. The number of hydrogen-bond donors (Lipinski definition) is 3. The molecule has 8 heteroatoms. The minimum Gasteiger partial charge on any atom is -0.496 e. The number of aliphatic imine (C=N–C) groups is 1. The molecule has 0 aliphatic rings. The highest BCUT2D eigenvalue weighted by Gasteiger charge is 2.26. The zero-order chi connectivity index (χ0) is 15.2. The maximum atomic E-state index is 10.7. The average molecular weight is 284 g/mol. The van der Waals surface area contributed by atoms with Gasteiger partial charge in [0.25, 0.3) is 5.69 Å². The molecule has 8 nitrogen and oxygen atoms in total. The highest BCUT2D eigenvalue weighted by atomic mass is 16.6. The average Bonchev–Trinajstić information content (AvgIpc) is 2.49. The zero-order valence-electron chi connectivity index (χ0n) is 10.9. The van der Waals surface area contributed by atoms with Gasteiger partial charge in [0.15, 0.2) is 0 Å². The molecule has 20 heavy (non-hydrogen) atoms. The molecule has 0 unspecified atom stereocenters. The molecule has 0 fully saturated rings. The SMILES string of the molecule is COc1cc([N+](=O)[O-])ccc1C=NC(CO)(CO)CO. The van der Waals surface area contributed by atoms with Gasteiger partial charge in [0.05, 0.1) is 37.9 Å². The second-order valence-corrected chi connectivity index (χ2v) is 4.14. The van der Waals surface area contributed by atoms with E-state index in [0.29, 0.717) is 5.56 Å². The molecule has 0 amide bonds. The lowest BCUT2D eigenvalue weighted by Gasteiger charge is -2.22. The molecule has 1 aromatic rings. The highest BCUT2D eigenvalue weighted by molar-refractivity contribution is 5.84. The third-order valence-corrected chi connectivity index (χ3v) is 2.79. The van der Waals surface area contributed by atoms with Crippen LogP contribution in [0.5, 0.6) is 5.75 Å². The van der Waals surface area contributed by atoms with E-state index < -0.39 is 30.3 Å². The lowest BCUT2D eigenvalue weighted by atomic mass is 10.0. The second-order valence-electron chi connectivity index (χ2n) is 4.14. The van der Waals surface area contributed by atoms with Gasteiger partial charge in [-0.2, -0.15) is 0 Å². The summed E-state index contributed by atoms with van der Waals surface area (Å²) in [6, 6.07) is 3.94. The number of hydrogen-bond acceptors (Lipinski definition) is 7. The highest BCUT2D eigenvalue weighted by Crippen LogP contribution is 2.23. The summed E-state index contributed by atoms with van der Waals surface area (Å²) < 4.78 is 5.02. The van der Waals surface area contributed by atoms with Crippen LogP contribution in [-0.2, 0) is 0 Å². The van der Waals surface area contributed by atoms with Crippen LogP contribution in [0.4, 0.5) is 5.69 Å². The quantitative estimate of drug-likeness (QED) is 0.360. The van der Waals surface area contributed by atoms with Gasteiger partial charge in [-0.3, -0.25) is 15.1 Å². The van der Waals surface area contributed by atoms with Gasteiger partial charge >= 0.3 is 0 Å². The minimum atomic E-state index is -1.40. The van der Waals surface area contributed by atoms with Gasteiger partial charge in [-0.05, 0) is 6.07 Å². The Kier molecular flexibility index (Phi) is 5.56. The van der Waals surface area contributed by atoms with Gasteiger partial charge in [-0.1, -0.05) is 0 Å². The molecule has 0 saturated heterocycles. The molecule has 0 spiro atoms. The Labute approximate surface area is 115 Å². The first-order chi connectivity index (χ1) is 9.51. The Balaban J connectivity index is 3.11. The molecule has 1 rings (SSSR count). The Bertz CT molecular complexity index is 490. The van der Waals surface area contributed by atoms with Gasteiger partial charge in [0, 0.05) is 17.8 Å². The van der Waals surface area contributed by atoms with Crippen molar-refractivity contribution in [2.24, 2.45) is 4.99 Å². The molecule has 0 aliphatic heterocycles. The first-order valence-electron chi connectivity index (χ1n) is 5.72. The van der Waals surface area contributed by atoms with Crippen LogP contribution < -0.4 is 4.74 Å². The normalized spacial score (nSPS) is 11.8. The number of methoxy groups -OCH3 is 1. The first-order valence-corrected chi connectivity index (χ1v) is 5.72. The van der Waals surface area contributed by atoms with Crippen LogP contribution in [0, 0.1) is 10.1 Å². The Morgan fingerprint density at radius 3 is 2.40 bits per heavy atom. The summed E-state index contributed by atoms with van der Waals surface area (Å²) in [6.07, 6.45) is 1.28. The second kappa shape index (κ2) is 6.94. The molecular formula is C12H16N2O6. The summed E-state index contributed by atoms with van der Waals surface area (Å²) in [5.41, 5.74) is -1.10. The summed E-state index contributed by atoms with van der Waals surface area (Å²) in [5.74, 6) is 0.227. The van der Waals surface area contributed by atoms with E-state index >= 15 is 0 Å². The lowest BCUT2D eigenvalue weighted by Crippen LogP contribution is -2.39. The van der Waals surface area contributed by atoms with Crippen molar-refractivity contribution in [3.05, 3.63) is 33.9 Å². The number of aliphatic hydroxyl groups excluding tert-OH is 3. The van der Waals surface area contributed by atoms with Gasteiger partial charge < -0.3 is 20.1 Å². The van der Waals surface area contributed by atoms with E-state index in [1.54, 1.807) is 0 Å². The number of non-ortho nitro benzene ring substituents is 1. The Morgan fingerprint density at radius 1 is 1.35 bits per heavy atom. The number of nitro groups is 1. The molecular weight excluding hydrogens is 268 g/mol. The number of nitro benzene ring substituents is 1. The third-order valence-electron chi connectivity index (χ3n) is 2.79. The predicted octanol–water partition coefficient (Wildman–Crippen LogP) is -0.262. The predicted molar refractivity (Wildman–Crippen MR) is 71.2 cm³/mol. The van der Waals surface area contributed by atoms with Crippen LogP contribution in [0.15, 0.2) is 23.2 Å². The van der Waals surface area contributed by atoms with Crippen LogP contribution in [0.3, 0.4) is 0 Å². The standard InChI is InChI=1S/C12H16N2O6/c1-20-11-4-10(14(18)19)3-2-9(11)5-13-12(6-15,7-16)8-17/h2-5,15-17H,6-8H2,1H3. The van der Waals surface area contributed by atoms with Crippen LogP contribution in [0.25, 0.3) is 0 Å². The number of benzene rings is 1.